The SMILES string of the molecule is COc1cccc(CC2SC(=Nc3ccccn3)NC2=O)c1. The van der Waals surface area contributed by atoms with Crippen LogP contribution in [0.3, 0.4) is 0 Å². The zero-order valence-corrected chi connectivity index (χ0v) is 12.8. The van der Waals surface area contributed by atoms with Gasteiger partial charge < -0.3 is 10.1 Å². The second-order valence-electron chi connectivity index (χ2n) is 4.76. The van der Waals surface area contributed by atoms with Gasteiger partial charge in [0.25, 0.3) is 0 Å². The van der Waals surface area contributed by atoms with E-state index in [-0.39, 0.29) is 11.2 Å². The zero-order valence-electron chi connectivity index (χ0n) is 12.0. The molecule has 1 saturated heterocycles. The van der Waals surface area contributed by atoms with Crippen LogP contribution < -0.4 is 10.1 Å². The number of carbonyl (C=O) groups excluding carboxylic acids is 1. The van der Waals surface area contributed by atoms with Gasteiger partial charge in [-0.05, 0) is 36.2 Å². The Bertz CT molecular complexity index is 704. The van der Waals surface area contributed by atoms with Gasteiger partial charge in [-0.15, -0.1) is 0 Å². The van der Waals surface area contributed by atoms with Crippen LogP contribution >= 0.6 is 11.8 Å². The lowest BCUT2D eigenvalue weighted by atomic mass is 10.1. The molecule has 0 radical (unpaired) electrons. The number of hydrogen-bond acceptors (Lipinski definition) is 5. The van der Waals surface area contributed by atoms with E-state index in [9.17, 15) is 4.79 Å². The molecule has 3 rings (SSSR count). The van der Waals surface area contributed by atoms with Crippen molar-refractivity contribution >= 4 is 28.7 Å². The average molecular weight is 313 g/mol. The van der Waals surface area contributed by atoms with E-state index in [1.807, 2.05) is 36.4 Å². The summed E-state index contributed by atoms with van der Waals surface area (Å²) in [5.41, 5.74) is 1.06. The summed E-state index contributed by atoms with van der Waals surface area (Å²) in [6.45, 7) is 0. The monoisotopic (exact) mass is 313 g/mol. The second-order valence-corrected chi connectivity index (χ2v) is 5.95. The van der Waals surface area contributed by atoms with Crippen LogP contribution in [0.15, 0.2) is 53.7 Å². The van der Waals surface area contributed by atoms with Crippen LogP contribution in [0.4, 0.5) is 5.82 Å². The molecule has 1 unspecified atom stereocenters. The molecule has 5 nitrogen and oxygen atoms in total. The molecule has 2 heterocycles. The van der Waals surface area contributed by atoms with Gasteiger partial charge in [0.05, 0.1) is 12.4 Å². The Labute approximate surface area is 132 Å². The van der Waals surface area contributed by atoms with Gasteiger partial charge in [-0.25, -0.2) is 9.98 Å². The Hall–Kier alpha value is -2.34. The van der Waals surface area contributed by atoms with Crippen molar-refractivity contribution in [2.75, 3.05) is 7.11 Å². The number of ether oxygens (including phenoxy) is 1. The third-order valence-corrected chi connectivity index (χ3v) is 4.28. The van der Waals surface area contributed by atoms with Crippen LogP contribution in [0.1, 0.15) is 5.56 Å². The lowest BCUT2D eigenvalue weighted by Crippen LogP contribution is -2.25. The topological polar surface area (TPSA) is 63.6 Å². The second kappa shape index (κ2) is 6.62. The summed E-state index contributed by atoms with van der Waals surface area (Å²) in [7, 11) is 1.63. The summed E-state index contributed by atoms with van der Waals surface area (Å²) in [4.78, 5) is 20.5. The molecule has 1 atom stereocenters. The Balaban J connectivity index is 1.71. The number of benzene rings is 1. The van der Waals surface area contributed by atoms with Gasteiger partial charge >= 0.3 is 0 Å². The van der Waals surface area contributed by atoms with Crippen molar-refractivity contribution in [3.05, 3.63) is 54.2 Å². The summed E-state index contributed by atoms with van der Waals surface area (Å²) in [6, 6.07) is 13.2. The van der Waals surface area contributed by atoms with Crippen LogP contribution in [0.25, 0.3) is 0 Å². The van der Waals surface area contributed by atoms with Gasteiger partial charge in [0.1, 0.15) is 5.75 Å². The fraction of sp³-hybridized carbons (Fsp3) is 0.188. The smallest absolute Gasteiger partial charge is 0.239 e. The van der Waals surface area contributed by atoms with E-state index >= 15 is 0 Å². The van der Waals surface area contributed by atoms with Gasteiger partial charge in [0.2, 0.25) is 5.91 Å². The highest BCUT2D eigenvalue weighted by Crippen LogP contribution is 2.26. The number of nitrogens with zero attached hydrogens (tertiary/aromatic N) is 2. The fourth-order valence-corrected chi connectivity index (χ4v) is 3.15. The highest BCUT2D eigenvalue weighted by molar-refractivity contribution is 8.15. The first-order chi connectivity index (χ1) is 10.7. The normalized spacial score (nSPS) is 19.2. The van der Waals surface area contributed by atoms with Crippen molar-refractivity contribution in [1.82, 2.24) is 10.3 Å². The molecular weight excluding hydrogens is 298 g/mol. The van der Waals surface area contributed by atoms with Crippen molar-refractivity contribution in [3.63, 3.8) is 0 Å². The number of aliphatic imine (C=N–C) groups is 1. The number of aromatic nitrogens is 1. The number of pyridine rings is 1. The minimum Gasteiger partial charge on any atom is -0.497 e. The summed E-state index contributed by atoms with van der Waals surface area (Å²) in [5, 5.41) is 3.21. The maximum atomic E-state index is 12.1. The molecular formula is C16H15N3O2S. The van der Waals surface area contributed by atoms with E-state index in [2.05, 4.69) is 15.3 Å². The molecule has 1 amide bonds. The zero-order chi connectivity index (χ0) is 15.4. The Morgan fingerprint density at radius 1 is 1.32 bits per heavy atom. The van der Waals surface area contributed by atoms with Crippen molar-refractivity contribution in [2.24, 2.45) is 4.99 Å². The largest absolute Gasteiger partial charge is 0.497 e. The van der Waals surface area contributed by atoms with Crippen LogP contribution in [-0.4, -0.2) is 28.4 Å². The van der Waals surface area contributed by atoms with E-state index in [1.54, 1.807) is 19.4 Å². The molecule has 1 aromatic carbocycles. The Morgan fingerprint density at radius 2 is 2.23 bits per heavy atom. The number of rotatable bonds is 4. The predicted octanol–water partition coefficient (Wildman–Crippen LogP) is 2.55. The third-order valence-electron chi connectivity index (χ3n) is 3.20. The molecule has 1 aliphatic rings. The first-order valence-corrected chi connectivity index (χ1v) is 7.73. The highest BCUT2D eigenvalue weighted by atomic mass is 32.2. The molecule has 0 bridgehead atoms. The van der Waals surface area contributed by atoms with Crippen LogP contribution in [-0.2, 0) is 11.2 Å². The number of methoxy groups -OCH3 is 1. The number of hydrogen-bond donors (Lipinski definition) is 1. The fourth-order valence-electron chi connectivity index (χ4n) is 2.13. The van der Waals surface area contributed by atoms with Crippen LogP contribution in [0, 0.1) is 0 Å². The number of nitrogens with one attached hydrogen (secondary N) is 1. The average Bonchev–Trinajstić information content (AvgIpc) is 2.88. The molecule has 6 heteroatoms. The van der Waals surface area contributed by atoms with Gasteiger partial charge in [-0.1, -0.05) is 30.0 Å². The summed E-state index contributed by atoms with van der Waals surface area (Å²) < 4.78 is 5.21. The lowest BCUT2D eigenvalue weighted by Gasteiger charge is -2.07. The van der Waals surface area contributed by atoms with E-state index in [1.165, 1.54) is 11.8 Å². The van der Waals surface area contributed by atoms with Gasteiger partial charge in [-0.2, -0.15) is 0 Å². The Kier molecular flexibility index (Phi) is 4.39. The van der Waals surface area contributed by atoms with Crippen molar-refractivity contribution < 1.29 is 9.53 Å². The summed E-state index contributed by atoms with van der Waals surface area (Å²) in [6.07, 6.45) is 2.31. The summed E-state index contributed by atoms with van der Waals surface area (Å²) in [5.74, 6) is 1.36. The van der Waals surface area contributed by atoms with E-state index in [0.29, 0.717) is 17.4 Å². The number of amides is 1. The molecule has 0 spiro atoms. The third kappa shape index (κ3) is 3.46. The maximum absolute atomic E-state index is 12.1. The molecule has 0 saturated carbocycles. The van der Waals surface area contributed by atoms with E-state index in [4.69, 9.17) is 4.74 Å². The molecule has 1 aromatic heterocycles. The van der Waals surface area contributed by atoms with Crippen molar-refractivity contribution in [2.45, 2.75) is 11.7 Å². The van der Waals surface area contributed by atoms with E-state index < -0.39 is 0 Å². The molecule has 1 fully saturated rings. The first-order valence-electron chi connectivity index (χ1n) is 6.85. The lowest BCUT2D eigenvalue weighted by molar-refractivity contribution is -0.118. The summed E-state index contributed by atoms with van der Waals surface area (Å²) >= 11 is 1.43. The van der Waals surface area contributed by atoms with E-state index in [0.717, 1.165) is 11.3 Å². The Morgan fingerprint density at radius 3 is 3.00 bits per heavy atom. The molecule has 1 aliphatic heterocycles. The minimum atomic E-state index is -0.186. The number of carbonyl (C=O) groups is 1. The molecule has 112 valence electrons. The molecule has 22 heavy (non-hydrogen) atoms. The number of thioether (sulfide) groups is 1. The first kappa shape index (κ1) is 14.6. The maximum Gasteiger partial charge on any atom is 0.239 e. The standard InChI is InChI=1S/C16H15N3O2S/c1-21-12-6-4-5-11(9-12)10-13-15(20)19-16(22-13)18-14-7-2-3-8-17-14/h2-9,13H,10H2,1H3,(H,17,18,19,20). The van der Waals surface area contributed by atoms with Gasteiger partial charge in [0, 0.05) is 6.20 Å². The molecule has 0 aliphatic carbocycles. The highest BCUT2D eigenvalue weighted by Gasteiger charge is 2.30. The van der Waals surface area contributed by atoms with Gasteiger partial charge in [-0.3, -0.25) is 4.79 Å². The van der Waals surface area contributed by atoms with Crippen LogP contribution in [0.5, 0.6) is 5.75 Å². The molecule has 2 aromatic rings. The minimum absolute atomic E-state index is 0.0255. The van der Waals surface area contributed by atoms with Crippen LogP contribution in [0.2, 0.25) is 0 Å². The molecule has 1 N–H and O–H groups in total. The van der Waals surface area contributed by atoms with Crippen molar-refractivity contribution in [3.8, 4) is 5.75 Å². The number of amidine groups is 1. The predicted molar refractivity (Wildman–Crippen MR) is 87.6 cm³/mol. The quantitative estimate of drug-likeness (QED) is 0.942. The van der Waals surface area contributed by atoms with Crippen molar-refractivity contribution in [1.29, 1.82) is 0 Å². The van der Waals surface area contributed by atoms with Gasteiger partial charge in [0.15, 0.2) is 11.0 Å².